The molecule has 0 spiro atoms. The van der Waals surface area contributed by atoms with Gasteiger partial charge in [-0.3, -0.25) is 4.90 Å². The maximum absolute atomic E-state index is 9.63. The molecule has 1 aromatic rings. The van der Waals surface area contributed by atoms with Crippen LogP contribution in [0.2, 0.25) is 0 Å². The van der Waals surface area contributed by atoms with Gasteiger partial charge in [-0.15, -0.1) is 0 Å². The van der Waals surface area contributed by atoms with Crippen LogP contribution in [0.5, 0.6) is 0 Å². The number of hydrogen-bond acceptors (Lipinski definition) is 3. The van der Waals surface area contributed by atoms with E-state index in [0.29, 0.717) is 0 Å². The predicted octanol–water partition coefficient (Wildman–Crippen LogP) is 3.42. The summed E-state index contributed by atoms with van der Waals surface area (Å²) in [6.45, 7) is 12.9. The van der Waals surface area contributed by atoms with Crippen LogP contribution in [-0.4, -0.2) is 41.7 Å². The molecule has 20 heavy (non-hydrogen) atoms. The lowest BCUT2D eigenvalue weighted by Crippen LogP contribution is -2.53. The average Bonchev–Trinajstić information content (AvgIpc) is 2.37. The summed E-state index contributed by atoms with van der Waals surface area (Å²) in [6.07, 6.45) is -0.418. The minimum atomic E-state index is -0.418. The summed E-state index contributed by atoms with van der Waals surface area (Å²) in [5.74, 6) is 0. The van der Waals surface area contributed by atoms with Crippen molar-refractivity contribution in [3.05, 3.63) is 28.2 Å². The highest BCUT2D eigenvalue weighted by Crippen LogP contribution is 2.30. The predicted molar refractivity (Wildman–Crippen MR) is 88.3 cm³/mol. The summed E-state index contributed by atoms with van der Waals surface area (Å²) in [4.78, 5) is 4.94. The molecule has 112 valence electrons. The average molecular weight is 341 g/mol. The molecule has 0 unspecified atom stereocenters. The number of benzene rings is 1. The van der Waals surface area contributed by atoms with Crippen LogP contribution in [-0.2, 0) is 0 Å². The van der Waals surface area contributed by atoms with Crippen molar-refractivity contribution < 1.29 is 5.11 Å². The van der Waals surface area contributed by atoms with Crippen molar-refractivity contribution in [2.24, 2.45) is 0 Å². The molecule has 1 heterocycles. The molecular formula is C16H25BrN2O. The molecule has 0 aromatic heterocycles. The summed E-state index contributed by atoms with van der Waals surface area (Å²) in [7, 11) is 0. The van der Waals surface area contributed by atoms with E-state index in [4.69, 9.17) is 0 Å². The highest BCUT2D eigenvalue weighted by Gasteiger charge is 2.26. The Morgan fingerprint density at radius 3 is 2.20 bits per heavy atom. The Morgan fingerprint density at radius 1 is 1.15 bits per heavy atom. The van der Waals surface area contributed by atoms with E-state index in [0.717, 1.165) is 36.2 Å². The van der Waals surface area contributed by atoms with Crippen molar-refractivity contribution >= 4 is 21.6 Å². The Labute approximate surface area is 130 Å². The fraction of sp³-hybridized carbons (Fsp3) is 0.625. The van der Waals surface area contributed by atoms with Gasteiger partial charge in [-0.05, 0) is 61.3 Å². The SMILES string of the molecule is C[C@@H](O)c1ccc(N2CCN(C(C)(C)C)CC2)c(Br)c1. The summed E-state index contributed by atoms with van der Waals surface area (Å²) in [5.41, 5.74) is 2.43. The van der Waals surface area contributed by atoms with Gasteiger partial charge in [-0.1, -0.05) is 6.07 Å². The second-order valence-electron chi connectivity index (χ2n) is 6.53. The first-order chi connectivity index (χ1) is 9.29. The van der Waals surface area contributed by atoms with Gasteiger partial charge >= 0.3 is 0 Å². The molecule has 1 aliphatic rings. The van der Waals surface area contributed by atoms with Crippen LogP contribution in [0.25, 0.3) is 0 Å². The van der Waals surface area contributed by atoms with Crippen molar-refractivity contribution in [3.63, 3.8) is 0 Å². The second kappa shape index (κ2) is 6.04. The van der Waals surface area contributed by atoms with E-state index in [1.165, 1.54) is 5.69 Å². The molecule has 2 rings (SSSR count). The second-order valence-corrected chi connectivity index (χ2v) is 7.39. The smallest absolute Gasteiger partial charge is 0.0762 e. The highest BCUT2D eigenvalue weighted by molar-refractivity contribution is 9.10. The molecule has 1 saturated heterocycles. The van der Waals surface area contributed by atoms with Gasteiger partial charge in [0.1, 0.15) is 0 Å². The normalized spacial score (nSPS) is 19.2. The van der Waals surface area contributed by atoms with E-state index in [1.807, 2.05) is 12.1 Å². The number of aliphatic hydroxyl groups excluding tert-OH is 1. The van der Waals surface area contributed by atoms with Crippen molar-refractivity contribution in [2.45, 2.75) is 39.3 Å². The molecule has 0 radical (unpaired) electrons. The number of nitrogens with zero attached hydrogens (tertiary/aromatic N) is 2. The Kier molecular flexibility index (Phi) is 4.77. The number of hydrogen-bond donors (Lipinski definition) is 1. The molecule has 1 N–H and O–H groups in total. The van der Waals surface area contributed by atoms with Crippen LogP contribution in [0.3, 0.4) is 0 Å². The lowest BCUT2D eigenvalue weighted by Gasteiger charge is -2.43. The minimum absolute atomic E-state index is 0.250. The molecule has 1 aliphatic heterocycles. The standard InChI is InChI=1S/C16H25BrN2O/c1-12(20)13-5-6-15(14(17)11-13)18-7-9-19(10-8-18)16(2,3)4/h5-6,11-12,20H,7-10H2,1-4H3/t12-/m1/s1. The van der Waals surface area contributed by atoms with Gasteiger partial charge in [0.15, 0.2) is 0 Å². The zero-order valence-corrected chi connectivity index (χ0v) is 14.4. The third kappa shape index (κ3) is 3.54. The van der Waals surface area contributed by atoms with Crippen LogP contribution in [0.4, 0.5) is 5.69 Å². The molecule has 0 amide bonds. The van der Waals surface area contributed by atoms with Crippen molar-refractivity contribution in [3.8, 4) is 0 Å². The van der Waals surface area contributed by atoms with E-state index in [1.54, 1.807) is 6.92 Å². The van der Waals surface area contributed by atoms with E-state index >= 15 is 0 Å². The molecule has 1 fully saturated rings. The molecule has 4 heteroatoms. The topological polar surface area (TPSA) is 26.7 Å². The molecule has 0 aliphatic carbocycles. The lowest BCUT2D eigenvalue weighted by molar-refractivity contribution is 0.128. The Morgan fingerprint density at radius 2 is 1.75 bits per heavy atom. The van der Waals surface area contributed by atoms with Crippen LogP contribution in [0, 0.1) is 0 Å². The molecule has 1 atom stereocenters. The molecule has 3 nitrogen and oxygen atoms in total. The van der Waals surface area contributed by atoms with Gasteiger partial charge < -0.3 is 10.0 Å². The summed E-state index contributed by atoms with van der Waals surface area (Å²) in [5, 5.41) is 9.63. The number of rotatable bonds is 2. The number of halogens is 1. The quantitative estimate of drug-likeness (QED) is 0.893. The van der Waals surface area contributed by atoms with E-state index < -0.39 is 6.10 Å². The number of anilines is 1. The van der Waals surface area contributed by atoms with Crippen LogP contribution < -0.4 is 4.90 Å². The Bertz CT molecular complexity index is 460. The van der Waals surface area contributed by atoms with Crippen LogP contribution in [0.1, 0.15) is 39.4 Å². The van der Waals surface area contributed by atoms with Gasteiger partial charge in [-0.25, -0.2) is 0 Å². The maximum Gasteiger partial charge on any atom is 0.0762 e. The summed E-state index contributed by atoms with van der Waals surface area (Å²) in [6, 6.07) is 6.15. The zero-order valence-electron chi connectivity index (χ0n) is 12.9. The van der Waals surface area contributed by atoms with Gasteiger partial charge in [0.05, 0.1) is 11.8 Å². The number of piperazine rings is 1. The van der Waals surface area contributed by atoms with E-state index in [2.05, 4.69) is 52.6 Å². The molecule has 0 saturated carbocycles. The van der Waals surface area contributed by atoms with Gasteiger partial charge in [0, 0.05) is 36.2 Å². The first-order valence-electron chi connectivity index (χ1n) is 7.26. The van der Waals surface area contributed by atoms with Crippen molar-refractivity contribution in [2.75, 3.05) is 31.1 Å². The first kappa shape index (κ1) is 15.8. The van der Waals surface area contributed by atoms with E-state index in [9.17, 15) is 5.11 Å². The first-order valence-corrected chi connectivity index (χ1v) is 8.06. The van der Waals surface area contributed by atoms with Gasteiger partial charge in [0.25, 0.3) is 0 Å². The van der Waals surface area contributed by atoms with Gasteiger partial charge in [-0.2, -0.15) is 0 Å². The third-order valence-corrected chi connectivity index (χ3v) is 4.66. The lowest BCUT2D eigenvalue weighted by atomic mass is 10.0. The summed E-state index contributed by atoms with van der Waals surface area (Å²) >= 11 is 3.64. The minimum Gasteiger partial charge on any atom is -0.389 e. The monoisotopic (exact) mass is 340 g/mol. The van der Waals surface area contributed by atoms with Crippen LogP contribution in [0.15, 0.2) is 22.7 Å². The van der Waals surface area contributed by atoms with E-state index in [-0.39, 0.29) is 5.54 Å². The maximum atomic E-state index is 9.63. The van der Waals surface area contributed by atoms with Gasteiger partial charge in [0.2, 0.25) is 0 Å². The fourth-order valence-corrected chi connectivity index (χ4v) is 3.30. The number of aliphatic hydroxyl groups is 1. The fourth-order valence-electron chi connectivity index (χ4n) is 2.66. The Balaban J connectivity index is 2.07. The highest BCUT2D eigenvalue weighted by atomic mass is 79.9. The van der Waals surface area contributed by atoms with Crippen molar-refractivity contribution in [1.29, 1.82) is 0 Å². The van der Waals surface area contributed by atoms with Crippen molar-refractivity contribution in [1.82, 2.24) is 4.90 Å². The van der Waals surface area contributed by atoms with Crippen LogP contribution >= 0.6 is 15.9 Å². The molecular weight excluding hydrogens is 316 g/mol. The third-order valence-electron chi connectivity index (χ3n) is 4.02. The largest absolute Gasteiger partial charge is 0.389 e. The molecule has 1 aromatic carbocycles. The molecule has 0 bridgehead atoms. The zero-order chi connectivity index (χ0) is 14.9. The Hall–Kier alpha value is -0.580. The summed E-state index contributed by atoms with van der Waals surface area (Å²) < 4.78 is 1.07.